The Labute approximate surface area is 105 Å². The highest BCUT2D eigenvalue weighted by atomic mass is 35.5. The number of hydrogen-bond donors (Lipinski definition) is 2. The Morgan fingerprint density at radius 1 is 1.53 bits per heavy atom. The van der Waals surface area contributed by atoms with E-state index in [0.717, 1.165) is 0 Å². The largest absolute Gasteiger partial charge is 0.479 e. The van der Waals surface area contributed by atoms with E-state index >= 15 is 0 Å². The lowest BCUT2D eigenvalue weighted by Gasteiger charge is -2.15. The Morgan fingerprint density at radius 3 is 2.59 bits per heavy atom. The smallest absolute Gasteiger partial charge is 0.344 e. The number of rotatable bonds is 5. The van der Waals surface area contributed by atoms with Crippen LogP contribution in [-0.2, 0) is 4.79 Å². The molecule has 5 heteroatoms. The molecule has 0 aliphatic heterocycles. The van der Waals surface area contributed by atoms with Crippen LogP contribution in [0.1, 0.15) is 31.9 Å². The maximum Gasteiger partial charge on any atom is 0.344 e. The summed E-state index contributed by atoms with van der Waals surface area (Å²) in [4.78, 5) is 10.8. The zero-order chi connectivity index (χ0) is 13.0. The molecule has 1 aromatic rings. The quantitative estimate of drug-likeness (QED) is 0.852. The van der Waals surface area contributed by atoms with E-state index in [1.165, 1.54) is 0 Å². The topological polar surface area (TPSA) is 66.8 Å². The highest BCUT2D eigenvalue weighted by molar-refractivity contribution is 6.32. The summed E-state index contributed by atoms with van der Waals surface area (Å²) in [5.41, 5.74) is 0.658. The Hall–Kier alpha value is -1.26. The zero-order valence-corrected chi connectivity index (χ0v) is 10.4. The summed E-state index contributed by atoms with van der Waals surface area (Å²) in [6.45, 7) is 3.34. The average molecular weight is 259 g/mol. The van der Waals surface area contributed by atoms with Crippen LogP contribution in [0.5, 0.6) is 5.75 Å². The summed E-state index contributed by atoms with van der Waals surface area (Å²) < 4.78 is 5.28. The summed E-state index contributed by atoms with van der Waals surface area (Å²) in [5.74, 6) is -0.714. The van der Waals surface area contributed by atoms with E-state index in [1.807, 2.05) is 0 Å². The second-order valence-electron chi connectivity index (χ2n) is 3.72. The SMILES string of the molecule is CCC(Oc1ccc([C@H](C)O)cc1Cl)C(=O)O. The van der Waals surface area contributed by atoms with Crippen LogP contribution in [0.25, 0.3) is 0 Å². The number of benzene rings is 1. The molecule has 0 heterocycles. The van der Waals surface area contributed by atoms with Gasteiger partial charge in [0.05, 0.1) is 11.1 Å². The third kappa shape index (κ3) is 3.61. The fourth-order valence-electron chi connectivity index (χ4n) is 1.33. The normalized spacial score (nSPS) is 14.1. The van der Waals surface area contributed by atoms with Crippen molar-refractivity contribution >= 4 is 17.6 Å². The number of carbonyl (C=O) groups is 1. The minimum absolute atomic E-state index is 0.295. The third-order valence-corrected chi connectivity index (χ3v) is 2.65. The molecule has 0 bridgehead atoms. The van der Waals surface area contributed by atoms with E-state index in [9.17, 15) is 9.90 Å². The fraction of sp³-hybridized carbons (Fsp3) is 0.417. The van der Waals surface area contributed by atoms with Gasteiger partial charge in [-0.15, -0.1) is 0 Å². The molecular weight excluding hydrogens is 244 g/mol. The van der Waals surface area contributed by atoms with Crippen molar-refractivity contribution in [2.24, 2.45) is 0 Å². The van der Waals surface area contributed by atoms with Crippen molar-refractivity contribution in [2.45, 2.75) is 32.5 Å². The molecule has 2 N–H and O–H groups in total. The lowest BCUT2D eigenvalue weighted by Crippen LogP contribution is -2.26. The molecule has 0 saturated carbocycles. The second kappa shape index (κ2) is 5.89. The van der Waals surface area contributed by atoms with Gasteiger partial charge in [-0.2, -0.15) is 0 Å². The molecule has 0 spiro atoms. The summed E-state index contributed by atoms with van der Waals surface area (Å²) in [6, 6.07) is 4.78. The van der Waals surface area contributed by atoms with Crippen molar-refractivity contribution in [3.8, 4) is 5.75 Å². The van der Waals surface area contributed by atoms with Crippen LogP contribution in [0.2, 0.25) is 5.02 Å². The van der Waals surface area contributed by atoms with Crippen molar-refractivity contribution in [1.82, 2.24) is 0 Å². The molecule has 1 aromatic carbocycles. The van der Waals surface area contributed by atoms with Crippen LogP contribution in [0, 0.1) is 0 Å². The molecule has 1 unspecified atom stereocenters. The van der Waals surface area contributed by atoms with Crippen molar-refractivity contribution in [1.29, 1.82) is 0 Å². The van der Waals surface area contributed by atoms with Gasteiger partial charge in [0.2, 0.25) is 0 Å². The molecule has 0 aliphatic carbocycles. The van der Waals surface area contributed by atoms with Crippen molar-refractivity contribution in [2.75, 3.05) is 0 Å². The van der Waals surface area contributed by atoms with E-state index in [2.05, 4.69) is 0 Å². The predicted molar refractivity (Wildman–Crippen MR) is 64.4 cm³/mol. The number of ether oxygens (including phenoxy) is 1. The molecule has 1 rings (SSSR count). The van der Waals surface area contributed by atoms with Gasteiger partial charge in [0.25, 0.3) is 0 Å². The van der Waals surface area contributed by atoms with Crippen LogP contribution in [-0.4, -0.2) is 22.3 Å². The number of halogens is 1. The van der Waals surface area contributed by atoms with E-state index in [-0.39, 0.29) is 0 Å². The predicted octanol–water partition coefficient (Wildman–Crippen LogP) is 2.64. The molecule has 0 saturated heterocycles. The van der Waals surface area contributed by atoms with Crippen molar-refractivity contribution < 1.29 is 19.7 Å². The molecule has 0 amide bonds. The van der Waals surface area contributed by atoms with Crippen molar-refractivity contribution in [3.63, 3.8) is 0 Å². The molecule has 0 aliphatic rings. The highest BCUT2D eigenvalue weighted by Gasteiger charge is 2.18. The third-order valence-electron chi connectivity index (χ3n) is 2.35. The summed E-state index contributed by atoms with van der Waals surface area (Å²) in [7, 11) is 0. The summed E-state index contributed by atoms with van der Waals surface area (Å²) in [6.07, 6.45) is -1.18. The monoisotopic (exact) mass is 258 g/mol. The zero-order valence-electron chi connectivity index (χ0n) is 9.68. The standard InChI is InChI=1S/C12H15ClO4/c1-3-10(12(15)16)17-11-5-4-8(7(2)14)6-9(11)13/h4-7,10,14H,3H2,1-2H3,(H,15,16)/t7-,10?/m0/s1. The molecule has 94 valence electrons. The van der Waals surface area contributed by atoms with E-state index in [1.54, 1.807) is 32.0 Å². The number of carboxylic acids is 1. The van der Waals surface area contributed by atoms with Gasteiger partial charge in [-0.05, 0) is 31.0 Å². The number of aliphatic hydroxyl groups excluding tert-OH is 1. The Morgan fingerprint density at radius 2 is 2.18 bits per heavy atom. The van der Waals surface area contributed by atoms with Crippen LogP contribution < -0.4 is 4.74 Å². The van der Waals surface area contributed by atoms with Gasteiger partial charge in [-0.3, -0.25) is 0 Å². The minimum Gasteiger partial charge on any atom is -0.479 e. The van der Waals surface area contributed by atoms with Crippen LogP contribution in [0.4, 0.5) is 0 Å². The summed E-state index contributed by atoms with van der Waals surface area (Å²) in [5, 5.41) is 18.5. The first-order chi connectivity index (χ1) is 7.95. The first-order valence-electron chi connectivity index (χ1n) is 5.32. The highest BCUT2D eigenvalue weighted by Crippen LogP contribution is 2.29. The van der Waals surface area contributed by atoms with Crippen LogP contribution >= 0.6 is 11.6 Å². The number of carboxylic acid groups (broad SMARTS) is 1. The first-order valence-corrected chi connectivity index (χ1v) is 5.70. The fourth-order valence-corrected chi connectivity index (χ4v) is 1.57. The Balaban J connectivity index is 2.89. The van der Waals surface area contributed by atoms with Gasteiger partial charge >= 0.3 is 5.97 Å². The van der Waals surface area contributed by atoms with E-state index < -0.39 is 18.2 Å². The molecule has 0 radical (unpaired) electrons. The first kappa shape index (κ1) is 13.8. The van der Waals surface area contributed by atoms with Crippen molar-refractivity contribution in [3.05, 3.63) is 28.8 Å². The van der Waals surface area contributed by atoms with Crippen LogP contribution in [0.3, 0.4) is 0 Å². The van der Waals surface area contributed by atoms with Crippen LogP contribution in [0.15, 0.2) is 18.2 Å². The van der Waals surface area contributed by atoms with Gasteiger partial charge in [0, 0.05) is 0 Å². The molecule has 4 nitrogen and oxygen atoms in total. The molecule has 0 aromatic heterocycles. The number of hydrogen-bond acceptors (Lipinski definition) is 3. The lowest BCUT2D eigenvalue weighted by molar-refractivity contribution is -0.145. The van der Waals surface area contributed by atoms with Gasteiger partial charge in [-0.1, -0.05) is 24.6 Å². The molecule has 2 atom stereocenters. The maximum atomic E-state index is 10.8. The molecular formula is C12H15ClO4. The summed E-state index contributed by atoms with van der Waals surface area (Å²) >= 11 is 5.95. The molecule has 0 fully saturated rings. The lowest BCUT2D eigenvalue weighted by atomic mass is 10.1. The maximum absolute atomic E-state index is 10.8. The van der Waals surface area contributed by atoms with E-state index in [0.29, 0.717) is 22.8 Å². The van der Waals surface area contributed by atoms with Gasteiger partial charge in [-0.25, -0.2) is 4.79 Å². The Kier molecular flexibility index (Phi) is 4.78. The molecule has 17 heavy (non-hydrogen) atoms. The minimum atomic E-state index is -1.02. The Bertz CT molecular complexity index is 403. The average Bonchev–Trinajstić information content (AvgIpc) is 2.26. The van der Waals surface area contributed by atoms with Gasteiger partial charge in [0.15, 0.2) is 6.10 Å². The number of aliphatic hydroxyl groups is 1. The van der Waals surface area contributed by atoms with E-state index in [4.69, 9.17) is 21.4 Å². The second-order valence-corrected chi connectivity index (χ2v) is 4.13. The van der Waals surface area contributed by atoms with Gasteiger partial charge in [0.1, 0.15) is 5.75 Å². The van der Waals surface area contributed by atoms with Gasteiger partial charge < -0.3 is 14.9 Å². The number of aliphatic carboxylic acids is 1.